The zero-order valence-corrected chi connectivity index (χ0v) is 19.9. The predicted molar refractivity (Wildman–Crippen MR) is 129 cm³/mol. The van der Waals surface area contributed by atoms with Crippen LogP contribution in [0.1, 0.15) is 18.9 Å². The molecule has 0 bridgehead atoms. The van der Waals surface area contributed by atoms with Gasteiger partial charge in [-0.15, -0.1) is 0 Å². The normalized spacial score (nSPS) is 11.8. The van der Waals surface area contributed by atoms with E-state index in [-0.39, 0.29) is 0 Å². The van der Waals surface area contributed by atoms with Gasteiger partial charge in [-0.1, -0.05) is 30.0 Å². The Bertz CT molecular complexity index is 898. The van der Waals surface area contributed by atoms with Crippen molar-refractivity contribution in [3.8, 4) is 17.2 Å². The van der Waals surface area contributed by atoms with Gasteiger partial charge >= 0.3 is 0 Å². The van der Waals surface area contributed by atoms with Gasteiger partial charge in [0.1, 0.15) is 7.05 Å². The van der Waals surface area contributed by atoms with E-state index in [1.807, 2.05) is 55.1 Å². The summed E-state index contributed by atoms with van der Waals surface area (Å²) in [6.07, 6.45) is 13.3. The molecule has 0 amide bonds. The topological polar surface area (TPSA) is 43.6 Å². The molecule has 0 spiro atoms. The highest BCUT2D eigenvalue weighted by Crippen LogP contribution is 2.38. The van der Waals surface area contributed by atoms with Crippen molar-refractivity contribution in [1.29, 1.82) is 0 Å². The number of hydrogen-bond donors (Lipinski definition) is 1. The van der Waals surface area contributed by atoms with Crippen molar-refractivity contribution in [2.24, 2.45) is 7.05 Å². The van der Waals surface area contributed by atoms with Gasteiger partial charge in [-0.2, -0.15) is 4.57 Å². The molecule has 31 heavy (non-hydrogen) atoms. The Balaban J connectivity index is 2.00. The first-order valence-corrected chi connectivity index (χ1v) is 11.2. The standard InChI is InChI=1S/C25H33N2O3S/c1-6-7-11-21(26-15-10-17-31-24-12-8-9-16-27(24)2)14-13-20-18-22(28-3)25(30-5)23(19-20)29-4/h6-9,11-14,16,18-19,26H,10,15,17H2,1-5H3/q+1/b7-6-,14-13+,21-11-. The molecule has 0 aliphatic heterocycles. The highest BCUT2D eigenvalue weighted by atomic mass is 32.2. The second-order valence-corrected chi connectivity index (χ2v) is 7.83. The van der Waals surface area contributed by atoms with E-state index >= 15 is 0 Å². The Labute approximate surface area is 190 Å². The van der Waals surface area contributed by atoms with Gasteiger partial charge in [-0.25, -0.2) is 0 Å². The third-order valence-electron chi connectivity index (χ3n) is 4.52. The van der Waals surface area contributed by atoms with Gasteiger partial charge in [0.2, 0.25) is 10.8 Å². The first kappa shape index (κ1) is 24.4. The van der Waals surface area contributed by atoms with Crippen LogP contribution in [0.5, 0.6) is 17.2 Å². The van der Waals surface area contributed by atoms with E-state index in [2.05, 4.69) is 47.4 Å². The van der Waals surface area contributed by atoms with Gasteiger partial charge in [-0.3, -0.25) is 0 Å². The van der Waals surface area contributed by atoms with Crippen molar-refractivity contribution in [3.63, 3.8) is 0 Å². The van der Waals surface area contributed by atoms with Crippen LogP contribution in [0, 0.1) is 0 Å². The van der Waals surface area contributed by atoms with Crippen LogP contribution >= 0.6 is 11.8 Å². The SMILES string of the molecule is C\C=C/C=C(/C=C/c1cc(OC)c(OC)c(OC)c1)NCCCSc1cccc[n+]1C. The first-order chi connectivity index (χ1) is 15.1. The Kier molecular flexibility index (Phi) is 10.6. The second kappa shape index (κ2) is 13.4. The maximum atomic E-state index is 5.44. The fourth-order valence-electron chi connectivity index (χ4n) is 2.90. The highest BCUT2D eigenvalue weighted by Gasteiger charge is 2.12. The molecule has 1 N–H and O–H groups in total. The van der Waals surface area contributed by atoms with Crippen LogP contribution in [0.3, 0.4) is 0 Å². The number of benzene rings is 1. The molecule has 0 unspecified atom stereocenters. The van der Waals surface area contributed by atoms with Crippen LogP contribution in [-0.4, -0.2) is 33.6 Å². The summed E-state index contributed by atoms with van der Waals surface area (Å²) < 4.78 is 18.4. The molecule has 6 heteroatoms. The molecule has 0 saturated heterocycles. The summed E-state index contributed by atoms with van der Waals surface area (Å²) in [6.45, 7) is 2.90. The number of thioether (sulfide) groups is 1. The predicted octanol–water partition coefficient (Wildman–Crippen LogP) is 4.78. The minimum absolute atomic E-state index is 0.592. The van der Waals surface area contributed by atoms with Crippen molar-refractivity contribution in [2.45, 2.75) is 18.4 Å². The van der Waals surface area contributed by atoms with Crippen LogP contribution in [0.4, 0.5) is 0 Å². The summed E-state index contributed by atoms with van der Waals surface area (Å²) in [7, 11) is 6.93. The fourth-order valence-corrected chi connectivity index (χ4v) is 3.83. The van der Waals surface area contributed by atoms with Gasteiger partial charge in [0, 0.05) is 30.1 Å². The molecule has 1 aromatic heterocycles. The molecule has 5 nitrogen and oxygen atoms in total. The smallest absolute Gasteiger partial charge is 0.239 e. The first-order valence-electron chi connectivity index (χ1n) is 10.2. The second-order valence-electron chi connectivity index (χ2n) is 6.72. The Morgan fingerprint density at radius 1 is 1.10 bits per heavy atom. The highest BCUT2D eigenvalue weighted by molar-refractivity contribution is 7.99. The number of methoxy groups -OCH3 is 3. The summed E-state index contributed by atoms with van der Waals surface area (Å²) in [5.74, 6) is 2.92. The number of aromatic nitrogens is 1. The van der Waals surface area contributed by atoms with Crippen LogP contribution in [0.15, 0.2) is 71.6 Å². The van der Waals surface area contributed by atoms with Crippen LogP contribution in [-0.2, 0) is 7.05 Å². The fraction of sp³-hybridized carbons (Fsp3) is 0.320. The van der Waals surface area contributed by atoms with Gasteiger partial charge in [0.25, 0.3) is 0 Å². The number of nitrogens with one attached hydrogen (secondary N) is 1. The largest absolute Gasteiger partial charge is 0.493 e. The van der Waals surface area contributed by atoms with E-state index in [1.165, 1.54) is 5.03 Å². The van der Waals surface area contributed by atoms with Gasteiger partial charge in [-0.05, 0) is 49.3 Å². The van der Waals surface area contributed by atoms with Gasteiger partial charge in [0.05, 0.1) is 21.3 Å². The lowest BCUT2D eigenvalue weighted by Gasteiger charge is -2.13. The number of allylic oxidation sites excluding steroid dienone is 4. The molecule has 0 atom stereocenters. The number of rotatable bonds is 12. The molecule has 1 aromatic carbocycles. The number of nitrogens with zero attached hydrogens (tertiary/aromatic N) is 1. The lowest BCUT2D eigenvalue weighted by Crippen LogP contribution is -2.29. The molecule has 0 radical (unpaired) electrons. The molecule has 0 fully saturated rings. The van der Waals surface area contributed by atoms with E-state index in [0.717, 1.165) is 30.0 Å². The van der Waals surface area contributed by atoms with Crippen LogP contribution in [0.2, 0.25) is 0 Å². The maximum absolute atomic E-state index is 5.44. The molecule has 0 saturated carbocycles. The average Bonchev–Trinajstić information content (AvgIpc) is 2.80. The van der Waals surface area contributed by atoms with Crippen LogP contribution < -0.4 is 24.1 Å². The summed E-state index contributed by atoms with van der Waals surface area (Å²) in [4.78, 5) is 0. The number of ether oxygens (including phenoxy) is 3. The van der Waals surface area contributed by atoms with E-state index in [0.29, 0.717) is 17.2 Å². The van der Waals surface area contributed by atoms with Gasteiger partial charge in [0.15, 0.2) is 17.7 Å². The molecule has 2 aromatic rings. The lowest BCUT2D eigenvalue weighted by molar-refractivity contribution is -0.708. The molecule has 1 heterocycles. The summed E-state index contributed by atoms with van der Waals surface area (Å²) in [5, 5.41) is 4.79. The molecule has 2 rings (SSSR count). The van der Waals surface area contributed by atoms with E-state index in [1.54, 1.807) is 21.3 Å². The lowest BCUT2D eigenvalue weighted by atomic mass is 10.1. The van der Waals surface area contributed by atoms with Crippen molar-refractivity contribution in [1.82, 2.24) is 5.32 Å². The number of pyridine rings is 1. The minimum atomic E-state index is 0.592. The maximum Gasteiger partial charge on any atom is 0.239 e. The molecular weight excluding hydrogens is 408 g/mol. The number of hydrogen-bond acceptors (Lipinski definition) is 5. The van der Waals surface area contributed by atoms with Gasteiger partial charge < -0.3 is 19.5 Å². The average molecular weight is 442 g/mol. The third kappa shape index (κ3) is 7.72. The van der Waals surface area contributed by atoms with Crippen molar-refractivity contribution in [3.05, 3.63) is 72.1 Å². The zero-order chi connectivity index (χ0) is 22.5. The molecule has 166 valence electrons. The minimum Gasteiger partial charge on any atom is -0.493 e. The van der Waals surface area contributed by atoms with E-state index < -0.39 is 0 Å². The van der Waals surface area contributed by atoms with Crippen molar-refractivity contribution < 1.29 is 18.8 Å². The quantitative estimate of drug-likeness (QED) is 0.222. The Morgan fingerprint density at radius 3 is 2.45 bits per heavy atom. The Hall–Kier alpha value is -2.86. The van der Waals surface area contributed by atoms with E-state index in [4.69, 9.17) is 14.2 Å². The van der Waals surface area contributed by atoms with E-state index in [9.17, 15) is 0 Å². The summed E-state index contributed by atoms with van der Waals surface area (Å²) >= 11 is 1.87. The molecule has 0 aliphatic rings. The van der Waals surface area contributed by atoms with Crippen molar-refractivity contribution in [2.75, 3.05) is 33.6 Å². The number of aryl methyl sites for hydroxylation is 1. The van der Waals surface area contributed by atoms with Crippen molar-refractivity contribution >= 4 is 17.8 Å². The molecular formula is C25H33N2O3S+. The summed E-state index contributed by atoms with van der Waals surface area (Å²) in [6, 6.07) is 10.1. The van der Waals surface area contributed by atoms with Crippen LogP contribution in [0.25, 0.3) is 6.08 Å². The monoisotopic (exact) mass is 441 g/mol. The Morgan fingerprint density at radius 2 is 1.84 bits per heavy atom. The third-order valence-corrected chi connectivity index (χ3v) is 5.73. The zero-order valence-electron chi connectivity index (χ0n) is 19.1. The summed E-state index contributed by atoms with van der Waals surface area (Å²) in [5.41, 5.74) is 2.01. The molecule has 0 aliphatic carbocycles.